The SMILES string of the molecule is CC(C)[C@@H](CC(=O)N[C@H](CCO)C(=O)O)NC(=O)OCC1c2ccccc2-c2ccccc21. The molecule has 4 N–H and O–H groups in total. The molecule has 176 valence electrons. The Kier molecular flexibility index (Phi) is 8.06. The zero-order chi connectivity index (χ0) is 24.0. The van der Waals surface area contributed by atoms with Crippen LogP contribution in [0.2, 0.25) is 0 Å². The number of carboxylic acids is 1. The molecule has 2 amide bonds. The van der Waals surface area contributed by atoms with Gasteiger partial charge in [-0.2, -0.15) is 0 Å². The number of hydrogen-bond donors (Lipinski definition) is 4. The molecule has 2 atom stereocenters. The Morgan fingerprint density at radius 3 is 2.06 bits per heavy atom. The van der Waals surface area contributed by atoms with Gasteiger partial charge in [0.15, 0.2) is 0 Å². The summed E-state index contributed by atoms with van der Waals surface area (Å²) in [7, 11) is 0. The lowest BCUT2D eigenvalue weighted by atomic mass is 9.98. The number of nitrogens with one attached hydrogen (secondary N) is 2. The van der Waals surface area contributed by atoms with E-state index in [1.807, 2.05) is 50.2 Å². The van der Waals surface area contributed by atoms with Crippen molar-refractivity contribution in [1.29, 1.82) is 0 Å². The molecule has 3 rings (SSSR count). The molecule has 2 aromatic carbocycles. The Morgan fingerprint density at radius 1 is 0.970 bits per heavy atom. The number of hydrogen-bond acceptors (Lipinski definition) is 5. The van der Waals surface area contributed by atoms with E-state index in [1.165, 1.54) is 0 Å². The maximum Gasteiger partial charge on any atom is 0.407 e. The molecule has 0 aromatic heterocycles. The lowest BCUT2D eigenvalue weighted by Crippen LogP contribution is -2.46. The molecular weight excluding hydrogens is 424 g/mol. The van der Waals surface area contributed by atoms with Crippen LogP contribution in [0, 0.1) is 5.92 Å². The van der Waals surface area contributed by atoms with E-state index in [2.05, 4.69) is 22.8 Å². The van der Waals surface area contributed by atoms with Gasteiger partial charge in [0.05, 0.1) is 0 Å². The molecule has 8 heteroatoms. The van der Waals surface area contributed by atoms with E-state index in [1.54, 1.807) is 0 Å². The maximum atomic E-state index is 12.6. The quantitative estimate of drug-likeness (QED) is 0.438. The number of amides is 2. The molecule has 0 aliphatic heterocycles. The zero-order valence-corrected chi connectivity index (χ0v) is 18.8. The molecule has 0 bridgehead atoms. The molecule has 0 fully saturated rings. The highest BCUT2D eigenvalue weighted by atomic mass is 16.5. The number of aliphatic hydroxyl groups is 1. The van der Waals surface area contributed by atoms with Crippen LogP contribution in [0.15, 0.2) is 48.5 Å². The van der Waals surface area contributed by atoms with E-state index < -0.39 is 30.1 Å². The summed E-state index contributed by atoms with van der Waals surface area (Å²) in [5.74, 6) is -1.90. The van der Waals surface area contributed by atoms with Crippen LogP contribution in [0.4, 0.5) is 4.79 Å². The molecule has 33 heavy (non-hydrogen) atoms. The van der Waals surface area contributed by atoms with Gasteiger partial charge in [-0.1, -0.05) is 62.4 Å². The van der Waals surface area contributed by atoms with Crippen LogP contribution in [0.1, 0.15) is 43.7 Å². The van der Waals surface area contributed by atoms with Crippen molar-refractivity contribution in [3.63, 3.8) is 0 Å². The molecule has 0 spiro atoms. The van der Waals surface area contributed by atoms with E-state index in [9.17, 15) is 14.4 Å². The minimum absolute atomic E-state index is 0.0706. The van der Waals surface area contributed by atoms with Crippen LogP contribution in [0.3, 0.4) is 0 Å². The van der Waals surface area contributed by atoms with Crippen molar-refractivity contribution in [2.75, 3.05) is 13.2 Å². The van der Waals surface area contributed by atoms with Crippen molar-refractivity contribution < 1.29 is 29.3 Å². The van der Waals surface area contributed by atoms with Gasteiger partial charge in [-0.25, -0.2) is 9.59 Å². The predicted molar refractivity (Wildman–Crippen MR) is 123 cm³/mol. The second kappa shape index (κ2) is 11.0. The standard InChI is InChI=1S/C25H30N2O6/c1-15(2)22(13-23(29)26-21(11-12-28)24(30)31)27-25(32)33-14-20-18-9-5-3-7-16(18)17-8-4-6-10-19(17)20/h3-10,15,20-22,28H,11-14H2,1-2H3,(H,26,29)(H,27,32)(H,30,31)/t21-,22-/m1/s1. The monoisotopic (exact) mass is 454 g/mol. The molecule has 0 heterocycles. The van der Waals surface area contributed by atoms with Gasteiger partial charge in [0.2, 0.25) is 5.91 Å². The van der Waals surface area contributed by atoms with Crippen LogP contribution in [-0.4, -0.2) is 53.5 Å². The zero-order valence-electron chi connectivity index (χ0n) is 18.8. The summed E-state index contributed by atoms with van der Waals surface area (Å²) in [4.78, 5) is 36.1. The van der Waals surface area contributed by atoms with Gasteiger partial charge in [-0.05, 0) is 28.2 Å². The van der Waals surface area contributed by atoms with Crippen molar-refractivity contribution in [2.45, 2.75) is 44.7 Å². The normalized spacial score (nSPS) is 14.2. The van der Waals surface area contributed by atoms with Gasteiger partial charge in [0.1, 0.15) is 12.6 Å². The van der Waals surface area contributed by atoms with Crippen LogP contribution < -0.4 is 10.6 Å². The number of aliphatic carboxylic acids is 1. The average molecular weight is 455 g/mol. The fraction of sp³-hybridized carbons (Fsp3) is 0.400. The van der Waals surface area contributed by atoms with E-state index in [-0.39, 0.29) is 37.9 Å². The molecule has 1 aliphatic carbocycles. The first-order valence-corrected chi connectivity index (χ1v) is 11.1. The van der Waals surface area contributed by atoms with Gasteiger partial charge in [-0.15, -0.1) is 0 Å². The predicted octanol–water partition coefficient (Wildman–Crippen LogP) is 2.89. The number of alkyl carbamates (subject to hydrolysis) is 1. The van der Waals surface area contributed by atoms with Crippen molar-refractivity contribution in [1.82, 2.24) is 10.6 Å². The minimum Gasteiger partial charge on any atom is -0.480 e. The number of aliphatic hydroxyl groups excluding tert-OH is 1. The molecular formula is C25H30N2O6. The fourth-order valence-corrected chi connectivity index (χ4v) is 4.08. The van der Waals surface area contributed by atoms with Crippen LogP contribution in [0.25, 0.3) is 11.1 Å². The number of carbonyl (C=O) groups excluding carboxylic acids is 2. The van der Waals surface area contributed by atoms with E-state index in [4.69, 9.17) is 14.9 Å². The first-order valence-electron chi connectivity index (χ1n) is 11.1. The third kappa shape index (κ3) is 5.90. The lowest BCUT2D eigenvalue weighted by molar-refractivity contribution is -0.142. The van der Waals surface area contributed by atoms with Gasteiger partial charge < -0.3 is 25.6 Å². The molecule has 0 radical (unpaired) electrons. The molecule has 0 saturated carbocycles. The first kappa shape index (κ1) is 24.3. The number of rotatable bonds is 10. The summed E-state index contributed by atoms with van der Waals surface area (Å²) in [5.41, 5.74) is 4.48. The highest BCUT2D eigenvalue weighted by Gasteiger charge is 2.30. The highest BCUT2D eigenvalue weighted by Crippen LogP contribution is 2.44. The number of ether oxygens (including phenoxy) is 1. The third-order valence-electron chi connectivity index (χ3n) is 5.91. The van der Waals surface area contributed by atoms with Gasteiger partial charge in [-0.3, -0.25) is 4.79 Å². The largest absolute Gasteiger partial charge is 0.480 e. The van der Waals surface area contributed by atoms with Crippen molar-refractivity contribution in [3.05, 3.63) is 59.7 Å². The second-order valence-electron chi connectivity index (χ2n) is 8.50. The van der Waals surface area contributed by atoms with E-state index in [0.29, 0.717) is 0 Å². The minimum atomic E-state index is -1.22. The number of benzene rings is 2. The number of carbonyl (C=O) groups is 3. The Morgan fingerprint density at radius 2 is 1.55 bits per heavy atom. The molecule has 1 aliphatic rings. The van der Waals surface area contributed by atoms with Gasteiger partial charge in [0, 0.05) is 31.4 Å². The maximum absolute atomic E-state index is 12.6. The summed E-state index contributed by atoms with van der Waals surface area (Å²) in [6.45, 7) is 3.51. The number of fused-ring (bicyclic) bond motifs is 3. The summed E-state index contributed by atoms with van der Waals surface area (Å²) in [6.07, 6.45) is -0.821. The summed E-state index contributed by atoms with van der Waals surface area (Å²) in [6, 6.07) is 14.4. The van der Waals surface area contributed by atoms with Gasteiger partial charge in [0.25, 0.3) is 0 Å². The molecule has 2 aromatic rings. The summed E-state index contributed by atoms with van der Waals surface area (Å²) in [5, 5.41) is 23.2. The summed E-state index contributed by atoms with van der Waals surface area (Å²) < 4.78 is 5.55. The van der Waals surface area contributed by atoms with Crippen molar-refractivity contribution >= 4 is 18.0 Å². The highest BCUT2D eigenvalue weighted by molar-refractivity contribution is 5.84. The van der Waals surface area contributed by atoms with Crippen LogP contribution in [0.5, 0.6) is 0 Å². The third-order valence-corrected chi connectivity index (χ3v) is 5.91. The molecule has 8 nitrogen and oxygen atoms in total. The fourth-order valence-electron chi connectivity index (χ4n) is 4.08. The summed E-state index contributed by atoms with van der Waals surface area (Å²) >= 11 is 0. The van der Waals surface area contributed by atoms with E-state index in [0.717, 1.165) is 22.3 Å². The molecule has 0 unspecified atom stereocenters. The van der Waals surface area contributed by atoms with Crippen LogP contribution >= 0.6 is 0 Å². The topological polar surface area (TPSA) is 125 Å². The number of carboxylic acid groups (broad SMARTS) is 1. The van der Waals surface area contributed by atoms with E-state index >= 15 is 0 Å². The van der Waals surface area contributed by atoms with Crippen molar-refractivity contribution in [2.24, 2.45) is 5.92 Å². The Balaban J connectivity index is 1.60. The molecule has 0 saturated heterocycles. The van der Waals surface area contributed by atoms with Crippen molar-refractivity contribution in [3.8, 4) is 11.1 Å². The lowest BCUT2D eigenvalue weighted by Gasteiger charge is -2.23. The van der Waals surface area contributed by atoms with Crippen LogP contribution in [-0.2, 0) is 14.3 Å². The Labute approximate surface area is 193 Å². The van der Waals surface area contributed by atoms with Gasteiger partial charge >= 0.3 is 12.1 Å². The Bertz CT molecular complexity index is 960. The average Bonchev–Trinajstić information content (AvgIpc) is 3.10. The second-order valence-corrected chi connectivity index (χ2v) is 8.50. The first-order chi connectivity index (χ1) is 15.8. The Hall–Kier alpha value is -3.39. The smallest absolute Gasteiger partial charge is 0.407 e.